The number of anilines is 1. The van der Waals surface area contributed by atoms with E-state index in [4.69, 9.17) is 10.9 Å². The van der Waals surface area contributed by atoms with Crippen LogP contribution in [0.2, 0.25) is 0 Å². The Morgan fingerprint density at radius 3 is 2.42 bits per heavy atom. The van der Waals surface area contributed by atoms with E-state index >= 15 is 0 Å². The van der Waals surface area contributed by atoms with Gasteiger partial charge < -0.3 is 16.0 Å². The lowest BCUT2D eigenvalue weighted by Crippen LogP contribution is -2.39. The standard InChI is InChI=1S/C17H23FN2O2.C6H8N2S/c1-4-9-20(10-8-19-16(21)5-2)17(22)12-14-7-6-13(3)15(18)11-14;7-5-1-3-6(9-8)4-2-5/h5-7,11H,2,4,8-10,12H2,1,3H3,(H,19,21);1-4H,7-8H2. The predicted octanol–water partition coefficient (Wildman–Crippen LogP) is 3.45. The first kappa shape index (κ1) is 26.2. The first-order valence-electron chi connectivity index (χ1n) is 9.96. The summed E-state index contributed by atoms with van der Waals surface area (Å²) in [5, 5.41) is 7.92. The number of nitrogen functional groups attached to an aromatic ring is 1. The zero-order valence-corrected chi connectivity index (χ0v) is 18.9. The number of benzene rings is 2. The second-order valence-electron chi connectivity index (χ2n) is 6.82. The van der Waals surface area contributed by atoms with Crippen molar-refractivity contribution in [3.63, 3.8) is 0 Å². The van der Waals surface area contributed by atoms with Crippen molar-refractivity contribution in [2.45, 2.75) is 31.6 Å². The minimum Gasteiger partial charge on any atom is -0.399 e. The van der Waals surface area contributed by atoms with Gasteiger partial charge in [0, 0.05) is 30.2 Å². The van der Waals surface area contributed by atoms with E-state index in [1.807, 2.05) is 31.2 Å². The summed E-state index contributed by atoms with van der Waals surface area (Å²) < 4.78 is 13.5. The molecule has 0 aromatic heterocycles. The second-order valence-corrected chi connectivity index (χ2v) is 7.53. The number of rotatable bonds is 9. The van der Waals surface area contributed by atoms with Crippen LogP contribution in [-0.2, 0) is 16.0 Å². The fourth-order valence-electron chi connectivity index (χ4n) is 2.60. The Morgan fingerprint density at radius 1 is 1.19 bits per heavy atom. The highest BCUT2D eigenvalue weighted by Crippen LogP contribution is 2.13. The molecule has 2 rings (SSSR count). The van der Waals surface area contributed by atoms with Crippen LogP contribution in [0.3, 0.4) is 0 Å². The Morgan fingerprint density at radius 2 is 1.87 bits per heavy atom. The van der Waals surface area contributed by atoms with Crippen molar-refractivity contribution in [1.29, 1.82) is 0 Å². The van der Waals surface area contributed by atoms with Gasteiger partial charge in [-0.15, -0.1) is 0 Å². The van der Waals surface area contributed by atoms with Gasteiger partial charge in [-0.05, 0) is 72.8 Å². The van der Waals surface area contributed by atoms with Crippen LogP contribution >= 0.6 is 11.9 Å². The normalized spacial score (nSPS) is 9.94. The smallest absolute Gasteiger partial charge is 0.243 e. The highest BCUT2D eigenvalue weighted by Gasteiger charge is 2.14. The van der Waals surface area contributed by atoms with E-state index in [-0.39, 0.29) is 24.1 Å². The van der Waals surface area contributed by atoms with E-state index in [1.165, 1.54) is 24.1 Å². The fourth-order valence-corrected chi connectivity index (χ4v) is 2.89. The van der Waals surface area contributed by atoms with Gasteiger partial charge in [-0.1, -0.05) is 25.6 Å². The lowest BCUT2D eigenvalue weighted by Gasteiger charge is -2.22. The van der Waals surface area contributed by atoms with Gasteiger partial charge in [-0.3, -0.25) is 14.7 Å². The van der Waals surface area contributed by atoms with Gasteiger partial charge in [0.15, 0.2) is 0 Å². The third-order valence-corrected chi connectivity index (χ3v) is 4.86. The SMILES string of the molecule is C=CC(=O)NCCN(CCC)C(=O)Cc1ccc(C)c(F)c1.NSc1ccc(N)cc1. The van der Waals surface area contributed by atoms with Crippen LogP contribution in [0.15, 0.2) is 60.0 Å². The van der Waals surface area contributed by atoms with Gasteiger partial charge in [-0.25, -0.2) is 4.39 Å². The van der Waals surface area contributed by atoms with Gasteiger partial charge in [0.2, 0.25) is 11.8 Å². The maximum atomic E-state index is 13.5. The Kier molecular flexibility index (Phi) is 12.0. The molecule has 0 unspecified atom stereocenters. The van der Waals surface area contributed by atoms with Crippen molar-refractivity contribution < 1.29 is 14.0 Å². The van der Waals surface area contributed by atoms with Gasteiger partial charge in [0.05, 0.1) is 6.42 Å². The molecular formula is C23H31FN4O2S. The molecule has 8 heteroatoms. The number of nitrogens with one attached hydrogen (secondary N) is 1. The number of nitrogens with two attached hydrogens (primary N) is 2. The number of nitrogens with zero attached hydrogens (tertiary/aromatic N) is 1. The summed E-state index contributed by atoms with van der Waals surface area (Å²) in [4.78, 5) is 26.1. The molecule has 0 spiro atoms. The molecule has 0 aliphatic heterocycles. The monoisotopic (exact) mass is 446 g/mol. The minimum atomic E-state index is -0.300. The van der Waals surface area contributed by atoms with E-state index in [2.05, 4.69) is 11.9 Å². The summed E-state index contributed by atoms with van der Waals surface area (Å²) in [6, 6.07) is 12.3. The van der Waals surface area contributed by atoms with Crippen LogP contribution in [0.5, 0.6) is 0 Å². The summed E-state index contributed by atoms with van der Waals surface area (Å²) >= 11 is 1.22. The average Bonchev–Trinajstić information content (AvgIpc) is 2.76. The van der Waals surface area contributed by atoms with Crippen molar-refractivity contribution in [2.24, 2.45) is 5.14 Å². The Hall–Kier alpha value is -2.84. The van der Waals surface area contributed by atoms with Crippen LogP contribution in [0, 0.1) is 12.7 Å². The third-order valence-electron chi connectivity index (χ3n) is 4.32. The Bertz CT molecular complexity index is 859. The fraction of sp³-hybridized carbons (Fsp3) is 0.304. The topological polar surface area (TPSA) is 101 Å². The molecule has 0 saturated carbocycles. The molecule has 2 aromatic rings. The van der Waals surface area contributed by atoms with Crippen molar-refractivity contribution in [2.75, 3.05) is 25.4 Å². The molecule has 0 atom stereocenters. The first-order valence-corrected chi connectivity index (χ1v) is 10.8. The summed E-state index contributed by atoms with van der Waals surface area (Å²) in [7, 11) is 0. The summed E-state index contributed by atoms with van der Waals surface area (Å²) in [5.74, 6) is -0.631. The third kappa shape index (κ3) is 10.1. The lowest BCUT2D eigenvalue weighted by molar-refractivity contribution is -0.130. The van der Waals surface area contributed by atoms with Crippen LogP contribution in [0.4, 0.5) is 10.1 Å². The highest BCUT2D eigenvalue weighted by molar-refractivity contribution is 7.97. The van der Waals surface area contributed by atoms with E-state index in [1.54, 1.807) is 24.0 Å². The molecule has 5 N–H and O–H groups in total. The van der Waals surface area contributed by atoms with Gasteiger partial charge in [0.25, 0.3) is 0 Å². The molecule has 6 nitrogen and oxygen atoms in total. The molecule has 0 saturated heterocycles. The maximum Gasteiger partial charge on any atom is 0.243 e. The summed E-state index contributed by atoms with van der Waals surface area (Å²) in [6.07, 6.45) is 2.18. The average molecular weight is 447 g/mol. The van der Waals surface area contributed by atoms with Crippen LogP contribution in [0.1, 0.15) is 24.5 Å². The molecule has 2 amide bonds. The van der Waals surface area contributed by atoms with Gasteiger partial charge in [0.1, 0.15) is 5.82 Å². The van der Waals surface area contributed by atoms with Crippen molar-refractivity contribution in [3.05, 3.63) is 72.1 Å². The largest absolute Gasteiger partial charge is 0.399 e. The highest BCUT2D eigenvalue weighted by atomic mass is 32.2. The molecule has 2 aromatic carbocycles. The molecule has 168 valence electrons. The number of carbonyl (C=O) groups is 2. The number of aryl methyl sites for hydroxylation is 1. The number of halogens is 1. The van der Waals surface area contributed by atoms with Crippen LogP contribution in [0.25, 0.3) is 0 Å². The van der Waals surface area contributed by atoms with E-state index in [0.717, 1.165) is 17.0 Å². The molecule has 0 heterocycles. The minimum absolute atomic E-state index is 0.0713. The van der Waals surface area contributed by atoms with Crippen molar-refractivity contribution >= 4 is 29.4 Å². The van der Waals surface area contributed by atoms with Gasteiger partial charge in [-0.2, -0.15) is 0 Å². The quantitative estimate of drug-likeness (QED) is 0.311. The zero-order chi connectivity index (χ0) is 23.2. The van der Waals surface area contributed by atoms with Crippen molar-refractivity contribution in [3.8, 4) is 0 Å². The Labute approximate surface area is 188 Å². The molecule has 0 bridgehead atoms. The number of hydrogen-bond donors (Lipinski definition) is 3. The predicted molar refractivity (Wildman–Crippen MR) is 126 cm³/mol. The number of hydrogen-bond acceptors (Lipinski definition) is 5. The van der Waals surface area contributed by atoms with E-state index in [9.17, 15) is 14.0 Å². The van der Waals surface area contributed by atoms with E-state index in [0.29, 0.717) is 30.8 Å². The van der Waals surface area contributed by atoms with Crippen LogP contribution < -0.4 is 16.2 Å². The van der Waals surface area contributed by atoms with E-state index < -0.39 is 0 Å². The molecule has 0 aliphatic rings. The number of carbonyl (C=O) groups excluding carboxylic acids is 2. The van der Waals surface area contributed by atoms with Crippen LogP contribution in [-0.4, -0.2) is 36.3 Å². The second kappa shape index (κ2) is 14.2. The number of amides is 2. The zero-order valence-electron chi connectivity index (χ0n) is 18.1. The molecule has 0 radical (unpaired) electrons. The lowest BCUT2D eigenvalue weighted by atomic mass is 10.1. The molecule has 0 fully saturated rings. The summed E-state index contributed by atoms with van der Waals surface area (Å²) in [5.41, 5.74) is 7.42. The Balaban J connectivity index is 0.000000442. The maximum absolute atomic E-state index is 13.5. The summed E-state index contributed by atoms with van der Waals surface area (Å²) in [6.45, 7) is 8.45. The first-order chi connectivity index (χ1) is 14.8. The van der Waals surface area contributed by atoms with Gasteiger partial charge >= 0.3 is 0 Å². The molecule has 31 heavy (non-hydrogen) atoms. The molecular weight excluding hydrogens is 415 g/mol. The molecule has 0 aliphatic carbocycles. The van der Waals surface area contributed by atoms with Crippen molar-refractivity contribution in [1.82, 2.24) is 10.2 Å².